The van der Waals surface area contributed by atoms with Gasteiger partial charge in [-0.3, -0.25) is 4.79 Å². The molecule has 0 bridgehead atoms. The summed E-state index contributed by atoms with van der Waals surface area (Å²) in [4.78, 5) is 14.2. The lowest BCUT2D eigenvalue weighted by Crippen LogP contribution is -2.25. The molecule has 0 radical (unpaired) electrons. The van der Waals surface area contributed by atoms with Crippen LogP contribution in [0.4, 0.5) is 0 Å². The standard InChI is InChI=1S/C14H21NO3S/c1-3-15(4-2)7-8-19-10-14(18)11-5-6-12(16)13(17)9-11/h5-6,9,16-17H,3-4,7-8,10H2,1-2H3. The predicted octanol–water partition coefficient (Wildman–Crippen LogP) is 2.36. The topological polar surface area (TPSA) is 60.8 Å². The van der Waals surface area contributed by atoms with E-state index in [0.717, 1.165) is 25.4 Å². The minimum atomic E-state index is -0.251. The molecule has 19 heavy (non-hydrogen) atoms. The van der Waals surface area contributed by atoms with Crippen LogP contribution in [-0.4, -0.2) is 52.0 Å². The largest absolute Gasteiger partial charge is 0.504 e. The molecule has 0 fully saturated rings. The second kappa shape index (κ2) is 8.07. The molecule has 0 unspecified atom stereocenters. The highest BCUT2D eigenvalue weighted by Crippen LogP contribution is 2.25. The van der Waals surface area contributed by atoms with Gasteiger partial charge in [-0.2, -0.15) is 11.8 Å². The second-order valence-corrected chi connectivity index (χ2v) is 5.31. The van der Waals surface area contributed by atoms with E-state index in [9.17, 15) is 15.0 Å². The van der Waals surface area contributed by atoms with E-state index in [1.54, 1.807) is 11.8 Å². The van der Waals surface area contributed by atoms with Gasteiger partial charge in [-0.25, -0.2) is 0 Å². The number of carbonyl (C=O) groups excluding carboxylic acids is 1. The average molecular weight is 283 g/mol. The number of carbonyl (C=O) groups is 1. The molecular weight excluding hydrogens is 262 g/mol. The van der Waals surface area contributed by atoms with E-state index in [1.165, 1.54) is 18.2 Å². The smallest absolute Gasteiger partial charge is 0.172 e. The molecule has 4 nitrogen and oxygen atoms in total. The van der Waals surface area contributed by atoms with Crippen LogP contribution in [0.3, 0.4) is 0 Å². The van der Waals surface area contributed by atoms with E-state index < -0.39 is 0 Å². The molecule has 2 N–H and O–H groups in total. The maximum absolute atomic E-state index is 11.9. The summed E-state index contributed by atoms with van der Waals surface area (Å²) in [7, 11) is 0. The Hall–Kier alpha value is -1.20. The monoisotopic (exact) mass is 283 g/mol. The lowest BCUT2D eigenvalue weighted by molar-refractivity contribution is 0.102. The summed E-state index contributed by atoms with van der Waals surface area (Å²) in [6.07, 6.45) is 0. The highest BCUT2D eigenvalue weighted by atomic mass is 32.2. The van der Waals surface area contributed by atoms with Crippen molar-refractivity contribution >= 4 is 17.5 Å². The quantitative estimate of drug-likeness (QED) is 0.436. The van der Waals surface area contributed by atoms with Crippen LogP contribution in [0.15, 0.2) is 18.2 Å². The number of rotatable bonds is 8. The number of ketones is 1. The van der Waals surface area contributed by atoms with Gasteiger partial charge < -0.3 is 15.1 Å². The summed E-state index contributed by atoms with van der Waals surface area (Å²) in [6, 6.07) is 4.17. The number of aromatic hydroxyl groups is 2. The van der Waals surface area contributed by atoms with E-state index in [0.29, 0.717) is 11.3 Å². The van der Waals surface area contributed by atoms with Crippen LogP contribution >= 0.6 is 11.8 Å². The lowest BCUT2D eigenvalue weighted by atomic mass is 10.1. The minimum Gasteiger partial charge on any atom is -0.504 e. The van der Waals surface area contributed by atoms with Crippen molar-refractivity contribution in [1.82, 2.24) is 4.90 Å². The predicted molar refractivity (Wildman–Crippen MR) is 79.2 cm³/mol. The number of nitrogens with zero attached hydrogens (tertiary/aromatic N) is 1. The highest BCUT2D eigenvalue weighted by Gasteiger charge is 2.09. The molecule has 0 spiro atoms. The number of phenols is 2. The van der Waals surface area contributed by atoms with E-state index in [4.69, 9.17) is 0 Å². The van der Waals surface area contributed by atoms with Gasteiger partial charge in [-0.15, -0.1) is 0 Å². The third-order valence-electron chi connectivity index (χ3n) is 2.98. The van der Waals surface area contributed by atoms with Gasteiger partial charge in [0.1, 0.15) is 0 Å². The summed E-state index contributed by atoms with van der Waals surface area (Å²) in [5.74, 6) is 0.827. The van der Waals surface area contributed by atoms with Crippen molar-refractivity contribution in [2.24, 2.45) is 0 Å². The zero-order valence-electron chi connectivity index (χ0n) is 11.4. The van der Waals surface area contributed by atoms with Gasteiger partial charge in [0.2, 0.25) is 0 Å². The molecule has 106 valence electrons. The average Bonchev–Trinajstić information content (AvgIpc) is 2.42. The second-order valence-electron chi connectivity index (χ2n) is 4.21. The maximum atomic E-state index is 11.9. The third-order valence-corrected chi connectivity index (χ3v) is 3.91. The third kappa shape index (κ3) is 5.12. The van der Waals surface area contributed by atoms with Crippen LogP contribution in [-0.2, 0) is 0 Å². The number of phenolic OH excluding ortho intramolecular Hbond substituents is 2. The Morgan fingerprint density at radius 1 is 1.21 bits per heavy atom. The van der Waals surface area contributed by atoms with Crippen LogP contribution in [0, 0.1) is 0 Å². The highest BCUT2D eigenvalue weighted by molar-refractivity contribution is 8.00. The molecule has 0 heterocycles. The minimum absolute atomic E-state index is 0.0279. The molecule has 0 saturated heterocycles. The fourth-order valence-electron chi connectivity index (χ4n) is 1.68. The van der Waals surface area contributed by atoms with Crippen LogP contribution in [0.1, 0.15) is 24.2 Å². The molecule has 0 aliphatic rings. The lowest BCUT2D eigenvalue weighted by Gasteiger charge is -2.17. The first-order chi connectivity index (χ1) is 9.08. The molecule has 1 rings (SSSR count). The Labute approximate surface area is 118 Å². The SMILES string of the molecule is CCN(CC)CCSCC(=O)c1ccc(O)c(O)c1. The normalized spacial score (nSPS) is 10.9. The van der Waals surface area contributed by atoms with Crippen molar-refractivity contribution in [3.63, 3.8) is 0 Å². The van der Waals surface area contributed by atoms with Gasteiger partial charge >= 0.3 is 0 Å². The Kier molecular flexibility index (Phi) is 6.73. The molecule has 1 aromatic carbocycles. The Bertz CT molecular complexity index is 419. The zero-order valence-corrected chi connectivity index (χ0v) is 12.2. The molecule has 5 heteroatoms. The number of hydrogen-bond donors (Lipinski definition) is 2. The summed E-state index contributed by atoms with van der Waals surface area (Å²) >= 11 is 1.59. The van der Waals surface area contributed by atoms with Gasteiger partial charge in [-0.1, -0.05) is 13.8 Å². The van der Waals surface area contributed by atoms with Gasteiger partial charge in [-0.05, 0) is 31.3 Å². The van der Waals surface area contributed by atoms with Gasteiger partial charge in [0.05, 0.1) is 5.75 Å². The van der Waals surface area contributed by atoms with Crippen molar-refractivity contribution in [1.29, 1.82) is 0 Å². The Morgan fingerprint density at radius 2 is 1.89 bits per heavy atom. The molecule has 0 atom stereocenters. The number of thioether (sulfide) groups is 1. The van der Waals surface area contributed by atoms with Crippen molar-refractivity contribution < 1.29 is 15.0 Å². The summed E-state index contributed by atoms with van der Waals surface area (Å²) < 4.78 is 0. The van der Waals surface area contributed by atoms with Crippen LogP contribution in [0.5, 0.6) is 11.5 Å². The molecule has 0 aromatic heterocycles. The van der Waals surface area contributed by atoms with E-state index in [-0.39, 0.29) is 17.3 Å². The fraction of sp³-hybridized carbons (Fsp3) is 0.500. The first kappa shape index (κ1) is 15.9. The van der Waals surface area contributed by atoms with Crippen LogP contribution < -0.4 is 0 Å². The van der Waals surface area contributed by atoms with E-state index >= 15 is 0 Å². The number of hydrogen-bond acceptors (Lipinski definition) is 5. The molecule has 0 aliphatic carbocycles. The van der Waals surface area contributed by atoms with Crippen molar-refractivity contribution in [3.05, 3.63) is 23.8 Å². The van der Waals surface area contributed by atoms with Crippen molar-refractivity contribution in [2.45, 2.75) is 13.8 Å². The van der Waals surface area contributed by atoms with Crippen molar-refractivity contribution in [3.8, 4) is 11.5 Å². The zero-order chi connectivity index (χ0) is 14.3. The molecule has 0 aliphatic heterocycles. The number of benzene rings is 1. The van der Waals surface area contributed by atoms with Gasteiger partial charge in [0, 0.05) is 17.9 Å². The maximum Gasteiger partial charge on any atom is 0.172 e. The first-order valence-corrected chi connectivity index (χ1v) is 7.59. The molecule has 1 aromatic rings. The van der Waals surface area contributed by atoms with E-state index in [1.807, 2.05) is 0 Å². The van der Waals surface area contributed by atoms with Crippen molar-refractivity contribution in [2.75, 3.05) is 31.1 Å². The number of Topliss-reactive ketones (excluding diaryl/α,β-unsaturated/α-hetero) is 1. The van der Waals surface area contributed by atoms with E-state index in [2.05, 4.69) is 18.7 Å². The first-order valence-electron chi connectivity index (χ1n) is 6.43. The Balaban J connectivity index is 2.37. The molecule has 0 saturated carbocycles. The fourth-order valence-corrected chi connectivity index (χ4v) is 2.56. The van der Waals surface area contributed by atoms with Crippen LogP contribution in [0.25, 0.3) is 0 Å². The Morgan fingerprint density at radius 3 is 2.47 bits per heavy atom. The molecular formula is C14H21NO3S. The van der Waals surface area contributed by atoms with Gasteiger partial charge in [0.25, 0.3) is 0 Å². The summed E-state index contributed by atoms with van der Waals surface area (Å²) in [6.45, 7) is 7.27. The summed E-state index contributed by atoms with van der Waals surface area (Å²) in [5.41, 5.74) is 0.436. The van der Waals surface area contributed by atoms with Crippen LogP contribution in [0.2, 0.25) is 0 Å². The summed E-state index contributed by atoms with van der Waals surface area (Å²) in [5, 5.41) is 18.5. The van der Waals surface area contributed by atoms with Gasteiger partial charge in [0.15, 0.2) is 17.3 Å². The molecule has 0 amide bonds.